The van der Waals surface area contributed by atoms with Gasteiger partial charge in [0.15, 0.2) is 0 Å². The minimum Gasteiger partial charge on any atom is -0.379 e. The number of ether oxygens (including phenoxy) is 9. The van der Waals surface area contributed by atoms with E-state index in [1.54, 1.807) is 0 Å². The molecule has 0 aromatic heterocycles. The van der Waals surface area contributed by atoms with Gasteiger partial charge in [-0.15, -0.1) is 0 Å². The maximum atomic E-state index is 13.0. The molecule has 0 rings (SSSR count). The van der Waals surface area contributed by atoms with Crippen molar-refractivity contribution < 1.29 is 60.8 Å². The summed E-state index contributed by atoms with van der Waals surface area (Å²) in [6.07, 6.45) is 2.94. The van der Waals surface area contributed by atoms with E-state index in [0.717, 1.165) is 39.1 Å². The van der Waals surface area contributed by atoms with Gasteiger partial charge in [-0.05, 0) is 19.3 Å². The Morgan fingerprint density at radius 3 is 0.659 bits per heavy atom. The van der Waals surface area contributed by atoms with Crippen LogP contribution in [0.25, 0.3) is 0 Å². The molecule has 0 amide bonds. The third-order valence-corrected chi connectivity index (χ3v) is 6.21. The van der Waals surface area contributed by atoms with Gasteiger partial charge in [0, 0.05) is 19.8 Å². The lowest BCUT2D eigenvalue weighted by atomic mass is 10.5. The molecule has 14 heteroatoms. The smallest absolute Gasteiger partial charge is 0.379 e. The molecule has 0 saturated heterocycles. The van der Waals surface area contributed by atoms with Crippen molar-refractivity contribution in [2.45, 2.75) is 40.0 Å². The summed E-state index contributed by atoms with van der Waals surface area (Å²) in [6, 6.07) is 0. The van der Waals surface area contributed by atoms with Gasteiger partial charge in [-0.1, -0.05) is 20.8 Å². The first-order chi connectivity index (χ1) is 20.2. The molecule has 0 atom stereocenters. The van der Waals surface area contributed by atoms with Gasteiger partial charge in [0.1, 0.15) is 0 Å². The van der Waals surface area contributed by atoms with Gasteiger partial charge in [-0.25, -0.2) is 4.57 Å². The third kappa shape index (κ3) is 32.5. The van der Waals surface area contributed by atoms with Crippen molar-refractivity contribution in [1.82, 2.24) is 0 Å². The summed E-state index contributed by atoms with van der Waals surface area (Å²) in [4.78, 5) is 0. The Morgan fingerprint density at radius 2 is 0.463 bits per heavy atom. The van der Waals surface area contributed by atoms with Crippen LogP contribution >= 0.6 is 7.82 Å². The molecule has 0 aromatic rings. The predicted octanol–water partition coefficient (Wildman–Crippen LogP) is 3.52. The molecule has 0 aliphatic rings. The SMILES string of the molecule is CCCOCCOCCOCCOP(=O)(OCCOCCOCCOCCC)OCCOCCOCCOCCC. The highest BCUT2D eigenvalue weighted by Gasteiger charge is 2.26. The second kappa shape index (κ2) is 34.2. The zero-order valence-corrected chi connectivity index (χ0v) is 26.6. The Balaban J connectivity index is 4.07. The van der Waals surface area contributed by atoms with Gasteiger partial charge in [-0.2, -0.15) is 0 Å². The molecule has 248 valence electrons. The Labute approximate surface area is 247 Å². The topological polar surface area (TPSA) is 128 Å². The van der Waals surface area contributed by atoms with Crippen molar-refractivity contribution in [3.8, 4) is 0 Å². The average molecular weight is 621 g/mol. The van der Waals surface area contributed by atoms with Crippen molar-refractivity contribution in [2.75, 3.05) is 139 Å². The summed E-state index contributed by atoms with van der Waals surface area (Å²) in [7, 11) is -3.83. The first-order valence-electron chi connectivity index (χ1n) is 14.9. The van der Waals surface area contributed by atoms with E-state index in [1.165, 1.54) is 0 Å². The molecule has 13 nitrogen and oxygen atoms in total. The summed E-state index contributed by atoms with van der Waals surface area (Å²) < 4.78 is 78.0. The summed E-state index contributed by atoms with van der Waals surface area (Å²) in [5.41, 5.74) is 0. The molecular formula is C27H57O13P. The lowest BCUT2D eigenvalue weighted by Gasteiger charge is -2.18. The molecule has 0 fully saturated rings. The minimum absolute atomic E-state index is 0.0283. The fraction of sp³-hybridized carbons (Fsp3) is 1.00. The van der Waals surface area contributed by atoms with Crippen molar-refractivity contribution in [2.24, 2.45) is 0 Å². The molecule has 0 aliphatic carbocycles. The Kier molecular flexibility index (Phi) is 34.0. The lowest BCUT2D eigenvalue weighted by molar-refractivity contribution is -0.00677. The molecule has 0 saturated carbocycles. The van der Waals surface area contributed by atoms with E-state index in [2.05, 4.69) is 20.8 Å². The first kappa shape index (κ1) is 40.8. The standard InChI is InChI=1S/C27H57O13P/c1-4-7-29-10-13-32-16-19-35-22-25-38-41(28,39-26-23-36-20-17-33-14-11-30-8-5-2)40-27-24-37-21-18-34-15-12-31-9-6-3/h4-27H2,1-3H3. The Hall–Kier alpha value is -0.250. The summed E-state index contributed by atoms with van der Waals surface area (Å²) in [5, 5.41) is 0. The van der Waals surface area contributed by atoms with E-state index in [0.29, 0.717) is 79.3 Å². The van der Waals surface area contributed by atoms with E-state index in [1.807, 2.05) is 0 Å². The molecule has 0 radical (unpaired) electrons. The van der Waals surface area contributed by atoms with Gasteiger partial charge < -0.3 is 42.6 Å². The van der Waals surface area contributed by atoms with Crippen LogP contribution in [0.5, 0.6) is 0 Å². The molecule has 0 aliphatic heterocycles. The normalized spacial score (nSPS) is 12.0. The van der Waals surface area contributed by atoms with Gasteiger partial charge in [0.05, 0.1) is 119 Å². The van der Waals surface area contributed by atoms with Crippen LogP contribution in [0.15, 0.2) is 0 Å². The van der Waals surface area contributed by atoms with Crippen LogP contribution in [-0.4, -0.2) is 139 Å². The highest BCUT2D eigenvalue weighted by molar-refractivity contribution is 7.48. The second-order valence-corrected chi connectivity index (χ2v) is 10.1. The van der Waals surface area contributed by atoms with Crippen molar-refractivity contribution in [1.29, 1.82) is 0 Å². The fourth-order valence-electron chi connectivity index (χ4n) is 2.79. The van der Waals surface area contributed by atoms with Crippen molar-refractivity contribution in [3.05, 3.63) is 0 Å². The summed E-state index contributed by atoms with van der Waals surface area (Å²) >= 11 is 0. The van der Waals surface area contributed by atoms with E-state index < -0.39 is 7.82 Å². The summed E-state index contributed by atoms with van der Waals surface area (Å²) in [5.74, 6) is 0. The molecule has 0 unspecified atom stereocenters. The maximum Gasteiger partial charge on any atom is 0.475 e. The molecule has 0 bridgehead atoms. The number of hydrogen-bond acceptors (Lipinski definition) is 13. The van der Waals surface area contributed by atoms with E-state index in [9.17, 15) is 4.57 Å². The zero-order valence-electron chi connectivity index (χ0n) is 25.7. The van der Waals surface area contributed by atoms with E-state index in [-0.39, 0.29) is 39.6 Å². The predicted molar refractivity (Wildman–Crippen MR) is 154 cm³/mol. The molecular weight excluding hydrogens is 563 g/mol. The monoisotopic (exact) mass is 620 g/mol. The quantitative estimate of drug-likeness (QED) is 0.0749. The fourth-order valence-corrected chi connectivity index (χ4v) is 3.91. The van der Waals surface area contributed by atoms with Crippen molar-refractivity contribution >= 4 is 7.82 Å². The van der Waals surface area contributed by atoms with Crippen LogP contribution in [0.2, 0.25) is 0 Å². The first-order valence-corrected chi connectivity index (χ1v) is 16.4. The average Bonchev–Trinajstić information content (AvgIpc) is 2.97. The maximum absolute atomic E-state index is 13.0. The molecule has 0 aromatic carbocycles. The van der Waals surface area contributed by atoms with Crippen LogP contribution in [0.4, 0.5) is 0 Å². The van der Waals surface area contributed by atoms with Crippen molar-refractivity contribution in [3.63, 3.8) is 0 Å². The Morgan fingerprint density at radius 1 is 0.293 bits per heavy atom. The third-order valence-electron chi connectivity index (χ3n) is 4.71. The largest absolute Gasteiger partial charge is 0.475 e. The molecule has 0 N–H and O–H groups in total. The van der Waals surface area contributed by atoms with Crippen LogP contribution in [0.1, 0.15) is 40.0 Å². The number of phosphoric acid groups is 1. The number of rotatable bonds is 36. The highest BCUT2D eigenvalue weighted by atomic mass is 31.2. The zero-order chi connectivity index (χ0) is 30.0. The lowest BCUT2D eigenvalue weighted by Crippen LogP contribution is -2.15. The van der Waals surface area contributed by atoms with Crippen LogP contribution in [0, 0.1) is 0 Å². The van der Waals surface area contributed by atoms with Gasteiger partial charge in [-0.3, -0.25) is 13.6 Å². The van der Waals surface area contributed by atoms with Gasteiger partial charge >= 0.3 is 7.82 Å². The Bertz CT molecular complexity index is 474. The van der Waals surface area contributed by atoms with Crippen LogP contribution in [-0.2, 0) is 60.8 Å². The van der Waals surface area contributed by atoms with Gasteiger partial charge in [0.2, 0.25) is 0 Å². The molecule has 0 heterocycles. The second-order valence-electron chi connectivity index (χ2n) is 8.46. The molecule has 0 spiro atoms. The van der Waals surface area contributed by atoms with E-state index >= 15 is 0 Å². The minimum atomic E-state index is -3.83. The highest BCUT2D eigenvalue weighted by Crippen LogP contribution is 2.49. The van der Waals surface area contributed by atoms with Gasteiger partial charge in [0.25, 0.3) is 0 Å². The molecule has 41 heavy (non-hydrogen) atoms. The number of hydrogen-bond donors (Lipinski definition) is 0. The van der Waals surface area contributed by atoms with Crippen LogP contribution in [0.3, 0.4) is 0 Å². The summed E-state index contributed by atoms with van der Waals surface area (Å²) in [6.45, 7) is 14.7. The number of phosphoric ester groups is 1. The van der Waals surface area contributed by atoms with Crippen LogP contribution < -0.4 is 0 Å². The van der Waals surface area contributed by atoms with E-state index in [4.69, 9.17) is 56.2 Å².